The minimum atomic E-state index is -0.112. The van der Waals surface area contributed by atoms with Crippen LogP contribution in [0.25, 0.3) is 10.9 Å². The first-order valence-corrected chi connectivity index (χ1v) is 5.24. The lowest BCUT2D eigenvalue weighted by Gasteiger charge is -1.99. The van der Waals surface area contributed by atoms with Gasteiger partial charge in [-0.25, -0.2) is 0 Å². The van der Waals surface area contributed by atoms with Crippen LogP contribution < -0.4 is 5.56 Å². The van der Waals surface area contributed by atoms with E-state index in [-0.39, 0.29) is 5.56 Å². The molecule has 0 aliphatic rings. The van der Waals surface area contributed by atoms with E-state index in [1.54, 1.807) is 6.07 Å². The zero-order valence-electron chi connectivity index (χ0n) is 6.47. The number of H-pyrrole nitrogens is 1. The first kappa shape index (κ1) is 8.97. The lowest BCUT2D eigenvalue weighted by molar-refractivity contribution is 1.28. The summed E-state index contributed by atoms with van der Waals surface area (Å²) in [5.74, 6) is 0. The number of halogens is 2. The summed E-state index contributed by atoms with van der Waals surface area (Å²) in [5, 5.41) is 1.00. The predicted octanol–water partition coefficient (Wildman–Crippen LogP) is 3.05. The quantitative estimate of drug-likeness (QED) is 0.797. The molecule has 1 aromatic heterocycles. The molecule has 0 radical (unpaired) electrons. The van der Waals surface area contributed by atoms with Gasteiger partial charge in [0.05, 0.1) is 9.99 Å². The van der Waals surface area contributed by atoms with E-state index in [4.69, 9.17) is 0 Å². The Morgan fingerprint density at radius 1 is 1.15 bits per heavy atom. The molecule has 0 atom stereocenters. The number of aromatic amines is 1. The topological polar surface area (TPSA) is 32.9 Å². The highest BCUT2D eigenvalue weighted by molar-refractivity contribution is 9.11. The zero-order chi connectivity index (χ0) is 9.42. The summed E-state index contributed by atoms with van der Waals surface area (Å²) in [7, 11) is 0. The molecule has 0 amide bonds. The average Bonchev–Trinajstić information content (AvgIpc) is 2.09. The van der Waals surface area contributed by atoms with Gasteiger partial charge < -0.3 is 4.98 Å². The van der Waals surface area contributed by atoms with Crippen molar-refractivity contribution in [3.05, 3.63) is 43.6 Å². The molecule has 0 saturated carbocycles. The van der Waals surface area contributed by atoms with Crippen molar-refractivity contribution in [3.63, 3.8) is 0 Å². The van der Waals surface area contributed by atoms with E-state index in [0.29, 0.717) is 4.47 Å². The number of pyridine rings is 1. The molecular weight excluding hydrogens is 298 g/mol. The van der Waals surface area contributed by atoms with Gasteiger partial charge in [0.2, 0.25) is 0 Å². The maximum Gasteiger partial charge on any atom is 0.262 e. The number of aromatic nitrogens is 1. The normalized spacial score (nSPS) is 10.6. The Morgan fingerprint density at radius 3 is 2.69 bits per heavy atom. The van der Waals surface area contributed by atoms with Crippen molar-refractivity contribution in [1.82, 2.24) is 4.98 Å². The Bertz CT molecular complexity index is 518. The molecule has 2 nitrogen and oxygen atoms in total. The van der Waals surface area contributed by atoms with Gasteiger partial charge in [-0.2, -0.15) is 0 Å². The molecule has 66 valence electrons. The van der Waals surface area contributed by atoms with Crippen LogP contribution in [0.1, 0.15) is 0 Å². The van der Waals surface area contributed by atoms with Gasteiger partial charge in [-0.3, -0.25) is 4.79 Å². The highest BCUT2D eigenvalue weighted by Gasteiger charge is 2.01. The van der Waals surface area contributed by atoms with Crippen molar-refractivity contribution < 1.29 is 0 Å². The van der Waals surface area contributed by atoms with E-state index in [1.807, 2.05) is 18.2 Å². The first-order chi connectivity index (χ1) is 6.18. The third-order valence-electron chi connectivity index (χ3n) is 1.78. The minimum Gasteiger partial charge on any atom is -0.320 e. The van der Waals surface area contributed by atoms with Crippen molar-refractivity contribution >= 4 is 42.8 Å². The third kappa shape index (κ3) is 1.56. The van der Waals surface area contributed by atoms with Crippen LogP contribution in [0.2, 0.25) is 0 Å². The fourth-order valence-corrected chi connectivity index (χ4v) is 1.99. The molecule has 0 bridgehead atoms. The zero-order valence-corrected chi connectivity index (χ0v) is 9.65. The lowest BCUT2D eigenvalue weighted by atomic mass is 10.2. The second-order valence-corrected chi connectivity index (χ2v) is 4.36. The average molecular weight is 303 g/mol. The molecule has 0 saturated heterocycles. The molecule has 1 heterocycles. The molecule has 4 heteroatoms. The monoisotopic (exact) mass is 301 g/mol. The second kappa shape index (κ2) is 3.27. The Labute approximate surface area is 91.2 Å². The maximum absolute atomic E-state index is 11.3. The van der Waals surface area contributed by atoms with Crippen LogP contribution in [0.15, 0.2) is 38.0 Å². The lowest BCUT2D eigenvalue weighted by Crippen LogP contribution is -2.05. The van der Waals surface area contributed by atoms with Crippen LogP contribution >= 0.6 is 31.9 Å². The Balaban J connectivity index is 2.97. The Hall–Kier alpha value is -0.610. The van der Waals surface area contributed by atoms with Crippen LogP contribution in [-0.2, 0) is 0 Å². The molecule has 0 fully saturated rings. The summed E-state index contributed by atoms with van der Waals surface area (Å²) in [6.07, 6.45) is 0. The van der Waals surface area contributed by atoms with Crippen molar-refractivity contribution in [2.75, 3.05) is 0 Å². The summed E-state index contributed by atoms with van der Waals surface area (Å²) < 4.78 is 1.45. The van der Waals surface area contributed by atoms with Gasteiger partial charge in [0.25, 0.3) is 5.56 Å². The Kier molecular flexibility index (Phi) is 2.26. The largest absolute Gasteiger partial charge is 0.320 e. The molecule has 0 aliphatic heterocycles. The van der Waals surface area contributed by atoms with Crippen molar-refractivity contribution in [3.8, 4) is 0 Å². The predicted molar refractivity (Wildman–Crippen MR) is 60.0 cm³/mol. The number of fused-ring (bicyclic) bond motifs is 1. The molecule has 1 aromatic carbocycles. The van der Waals surface area contributed by atoms with Crippen LogP contribution in [0, 0.1) is 0 Å². The van der Waals surface area contributed by atoms with Crippen LogP contribution in [0.5, 0.6) is 0 Å². The smallest absolute Gasteiger partial charge is 0.262 e. The van der Waals surface area contributed by atoms with E-state index in [1.165, 1.54) is 0 Å². The van der Waals surface area contributed by atoms with Gasteiger partial charge in [0.1, 0.15) is 0 Å². The van der Waals surface area contributed by atoms with Gasteiger partial charge >= 0.3 is 0 Å². The Morgan fingerprint density at radius 2 is 1.92 bits per heavy atom. The van der Waals surface area contributed by atoms with Crippen LogP contribution in [-0.4, -0.2) is 4.98 Å². The second-order valence-electron chi connectivity index (χ2n) is 2.65. The summed E-state index contributed by atoms with van der Waals surface area (Å²) >= 11 is 6.55. The van der Waals surface area contributed by atoms with Crippen molar-refractivity contribution in [1.29, 1.82) is 0 Å². The van der Waals surface area contributed by atoms with Crippen LogP contribution in [0.4, 0.5) is 0 Å². The number of benzene rings is 1. The highest BCUT2D eigenvalue weighted by Crippen LogP contribution is 2.21. The van der Waals surface area contributed by atoms with Crippen LogP contribution in [0.3, 0.4) is 0 Å². The van der Waals surface area contributed by atoms with E-state index < -0.39 is 0 Å². The SMILES string of the molecule is O=c1[nH]c2c(Br)cccc2cc1Br. The summed E-state index contributed by atoms with van der Waals surface area (Å²) in [6, 6.07) is 7.57. The molecule has 0 aliphatic carbocycles. The number of hydrogen-bond donors (Lipinski definition) is 1. The van der Waals surface area contributed by atoms with E-state index in [2.05, 4.69) is 36.8 Å². The van der Waals surface area contributed by atoms with Crippen molar-refractivity contribution in [2.45, 2.75) is 0 Å². The standard InChI is InChI=1S/C9H5Br2NO/c10-6-3-1-2-5-4-7(11)9(13)12-8(5)6/h1-4H,(H,12,13). The number of hydrogen-bond acceptors (Lipinski definition) is 1. The van der Waals surface area contributed by atoms with Gasteiger partial charge in [0, 0.05) is 9.86 Å². The number of nitrogens with one attached hydrogen (secondary N) is 1. The minimum absolute atomic E-state index is 0.112. The molecule has 13 heavy (non-hydrogen) atoms. The fraction of sp³-hybridized carbons (Fsp3) is 0. The van der Waals surface area contributed by atoms with E-state index in [9.17, 15) is 4.79 Å². The molecule has 2 aromatic rings. The summed E-state index contributed by atoms with van der Waals surface area (Å²) in [4.78, 5) is 14.0. The number of rotatable bonds is 0. The van der Waals surface area contributed by atoms with Gasteiger partial charge in [-0.1, -0.05) is 12.1 Å². The molecule has 0 spiro atoms. The molecular formula is C9H5Br2NO. The highest BCUT2D eigenvalue weighted by atomic mass is 79.9. The fourth-order valence-electron chi connectivity index (χ4n) is 1.17. The molecule has 0 unspecified atom stereocenters. The molecule has 1 N–H and O–H groups in total. The molecule has 2 rings (SSSR count). The first-order valence-electron chi connectivity index (χ1n) is 3.65. The third-order valence-corrected chi connectivity index (χ3v) is 3.03. The summed E-state index contributed by atoms with van der Waals surface area (Å²) in [5.41, 5.74) is 0.718. The van der Waals surface area contributed by atoms with E-state index in [0.717, 1.165) is 15.4 Å². The van der Waals surface area contributed by atoms with Gasteiger partial charge in [0.15, 0.2) is 0 Å². The number of para-hydroxylation sites is 1. The maximum atomic E-state index is 11.3. The van der Waals surface area contributed by atoms with Crippen molar-refractivity contribution in [2.24, 2.45) is 0 Å². The van der Waals surface area contributed by atoms with Gasteiger partial charge in [-0.15, -0.1) is 0 Å². The van der Waals surface area contributed by atoms with Gasteiger partial charge in [-0.05, 0) is 44.0 Å². The summed E-state index contributed by atoms with van der Waals surface area (Å²) in [6.45, 7) is 0. The van der Waals surface area contributed by atoms with E-state index >= 15 is 0 Å².